The zero-order chi connectivity index (χ0) is 18.4. The molecule has 2 N–H and O–H groups in total. The number of nitrogens with one attached hydrogen (secondary N) is 2. The number of sulfonamides is 1. The van der Waals surface area contributed by atoms with Gasteiger partial charge in [-0.25, -0.2) is 8.42 Å². The van der Waals surface area contributed by atoms with E-state index in [9.17, 15) is 13.2 Å². The second-order valence-electron chi connectivity index (χ2n) is 5.33. The number of hydrogen-bond donors (Lipinski definition) is 2. The predicted molar refractivity (Wildman–Crippen MR) is 98.7 cm³/mol. The van der Waals surface area contributed by atoms with Crippen LogP contribution >= 0.6 is 11.6 Å². The van der Waals surface area contributed by atoms with Crippen molar-refractivity contribution in [1.82, 2.24) is 5.32 Å². The summed E-state index contributed by atoms with van der Waals surface area (Å²) in [7, 11) is -3.40. The second-order valence-corrected chi connectivity index (χ2v) is 7.49. The van der Waals surface area contributed by atoms with Crippen LogP contribution in [0.3, 0.4) is 0 Å². The fourth-order valence-corrected chi connectivity index (χ4v) is 2.99. The number of halogens is 1. The Kier molecular flexibility index (Phi) is 6.27. The van der Waals surface area contributed by atoms with Gasteiger partial charge in [0.15, 0.2) is 0 Å². The third-order valence-electron chi connectivity index (χ3n) is 3.18. The molecule has 0 aliphatic carbocycles. The molecule has 2 aromatic rings. The van der Waals surface area contributed by atoms with Crippen LogP contribution in [0.1, 0.15) is 22.8 Å². The molecular weight excluding hydrogens is 364 g/mol. The molecule has 2 rings (SSSR count). The molecule has 0 unspecified atom stereocenters. The molecule has 0 saturated carbocycles. The van der Waals surface area contributed by atoms with Crippen LogP contribution in [0.2, 0.25) is 5.02 Å². The van der Waals surface area contributed by atoms with Gasteiger partial charge in [-0.3, -0.25) is 9.52 Å². The molecule has 0 spiro atoms. The summed E-state index contributed by atoms with van der Waals surface area (Å²) in [4.78, 5) is 12.3. The van der Waals surface area contributed by atoms with Gasteiger partial charge in [0.25, 0.3) is 5.91 Å². The van der Waals surface area contributed by atoms with Crippen molar-refractivity contribution in [2.24, 2.45) is 0 Å². The van der Waals surface area contributed by atoms with Gasteiger partial charge in [0.05, 0.1) is 23.4 Å². The van der Waals surface area contributed by atoms with Crippen molar-refractivity contribution in [3.05, 3.63) is 58.6 Å². The van der Waals surface area contributed by atoms with Crippen LogP contribution < -0.4 is 14.8 Å². The standard InChI is InChI=1S/C17H19ClN2O4S/c1-3-24-14-6-4-5-12(9-14)11-19-17(21)15-8-7-13(10-16(15)18)20-25(2,22)23/h4-10,20H,3,11H2,1-2H3,(H,19,21). The number of anilines is 1. The van der Waals surface area contributed by atoms with E-state index in [4.69, 9.17) is 16.3 Å². The number of carbonyl (C=O) groups is 1. The largest absolute Gasteiger partial charge is 0.494 e. The fourth-order valence-electron chi connectivity index (χ4n) is 2.17. The number of ether oxygens (including phenoxy) is 1. The van der Waals surface area contributed by atoms with Crippen LogP contribution in [-0.4, -0.2) is 27.2 Å². The average Bonchev–Trinajstić information content (AvgIpc) is 2.52. The van der Waals surface area contributed by atoms with Gasteiger partial charge in [-0.1, -0.05) is 23.7 Å². The van der Waals surface area contributed by atoms with E-state index in [1.807, 2.05) is 31.2 Å². The van der Waals surface area contributed by atoms with E-state index < -0.39 is 10.0 Å². The first kappa shape index (κ1) is 19.1. The first-order valence-electron chi connectivity index (χ1n) is 7.56. The van der Waals surface area contributed by atoms with Gasteiger partial charge in [0, 0.05) is 12.2 Å². The van der Waals surface area contributed by atoms with Crippen LogP contribution in [0.25, 0.3) is 0 Å². The lowest BCUT2D eigenvalue weighted by molar-refractivity contribution is 0.0951. The van der Waals surface area contributed by atoms with Crippen molar-refractivity contribution in [2.45, 2.75) is 13.5 Å². The Bertz CT molecular complexity index is 869. The predicted octanol–water partition coefficient (Wildman–Crippen LogP) is 3.04. The quantitative estimate of drug-likeness (QED) is 0.770. The van der Waals surface area contributed by atoms with E-state index in [0.717, 1.165) is 17.6 Å². The maximum Gasteiger partial charge on any atom is 0.253 e. The van der Waals surface area contributed by atoms with Gasteiger partial charge >= 0.3 is 0 Å². The van der Waals surface area contributed by atoms with E-state index in [0.29, 0.717) is 18.8 Å². The van der Waals surface area contributed by atoms with Crippen molar-refractivity contribution in [3.8, 4) is 5.75 Å². The summed E-state index contributed by atoms with van der Waals surface area (Å²) < 4.78 is 30.2. The Hall–Kier alpha value is -2.25. The van der Waals surface area contributed by atoms with Crippen LogP contribution in [0.15, 0.2) is 42.5 Å². The summed E-state index contributed by atoms with van der Waals surface area (Å²) in [5.74, 6) is 0.390. The molecule has 0 atom stereocenters. The Morgan fingerprint density at radius 1 is 1.20 bits per heavy atom. The summed E-state index contributed by atoms with van der Waals surface area (Å²) in [6.45, 7) is 2.79. The minimum absolute atomic E-state index is 0.161. The van der Waals surface area contributed by atoms with Crippen LogP contribution in [0.4, 0.5) is 5.69 Å². The van der Waals surface area contributed by atoms with E-state index in [1.54, 1.807) is 0 Å². The van der Waals surface area contributed by atoms with Gasteiger partial charge in [-0.05, 0) is 42.8 Å². The fraction of sp³-hybridized carbons (Fsp3) is 0.235. The first-order chi connectivity index (χ1) is 11.8. The minimum atomic E-state index is -3.40. The van der Waals surface area contributed by atoms with Crippen LogP contribution in [-0.2, 0) is 16.6 Å². The Morgan fingerprint density at radius 2 is 1.96 bits per heavy atom. The number of carbonyl (C=O) groups excluding carboxylic acids is 1. The second kappa shape index (κ2) is 8.22. The van der Waals surface area contributed by atoms with Crippen molar-refractivity contribution >= 4 is 33.2 Å². The summed E-state index contributed by atoms with van der Waals surface area (Å²) in [6.07, 6.45) is 1.04. The molecule has 0 fully saturated rings. The normalized spacial score (nSPS) is 11.0. The van der Waals surface area contributed by atoms with E-state index in [1.165, 1.54) is 18.2 Å². The van der Waals surface area contributed by atoms with Gasteiger partial charge in [-0.15, -0.1) is 0 Å². The number of hydrogen-bond acceptors (Lipinski definition) is 4. The highest BCUT2D eigenvalue weighted by atomic mass is 35.5. The lowest BCUT2D eigenvalue weighted by Crippen LogP contribution is -2.23. The van der Waals surface area contributed by atoms with Gasteiger partial charge in [0.1, 0.15) is 5.75 Å². The van der Waals surface area contributed by atoms with Crippen LogP contribution in [0.5, 0.6) is 5.75 Å². The van der Waals surface area contributed by atoms with E-state index >= 15 is 0 Å². The number of benzene rings is 2. The molecule has 0 saturated heterocycles. The number of amides is 1. The summed E-state index contributed by atoms with van der Waals surface area (Å²) in [6, 6.07) is 11.8. The summed E-state index contributed by atoms with van der Waals surface area (Å²) in [5.41, 5.74) is 1.46. The lowest BCUT2D eigenvalue weighted by Gasteiger charge is -2.10. The summed E-state index contributed by atoms with van der Waals surface area (Å²) >= 11 is 6.09. The highest BCUT2D eigenvalue weighted by Gasteiger charge is 2.12. The SMILES string of the molecule is CCOc1cccc(CNC(=O)c2ccc(NS(C)(=O)=O)cc2Cl)c1. The van der Waals surface area contributed by atoms with Gasteiger partial charge in [-0.2, -0.15) is 0 Å². The molecule has 0 aliphatic rings. The van der Waals surface area contributed by atoms with E-state index in [2.05, 4.69) is 10.0 Å². The highest BCUT2D eigenvalue weighted by molar-refractivity contribution is 7.92. The zero-order valence-electron chi connectivity index (χ0n) is 13.9. The minimum Gasteiger partial charge on any atom is -0.494 e. The monoisotopic (exact) mass is 382 g/mol. The Morgan fingerprint density at radius 3 is 2.60 bits per heavy atom. The molecule has 0 heterocycles. The molecular formula is C17H19ClN2O4S. The first-order valence-corrected chi connectivity index (χ1v) is 9.82. The van der Waals surface area contributed by atoms with Crippen molar-refractivity contribution in [1.29, 1.82) is 0 Å². The molecule has 0 bridgehead atoms. The highest BCUT2D eigenvalue weighted by Crippen LogP contribution is 2.22. The smallest absolute Gasteiger partial charge is 0.253 e. The van der Waals surface area contributed by atoms with Crippen molar-refractivity contribution in [2.75, 3.05) is 17.6 Å². The molecule has 2 aromatic carbocycles. The maximum absolute atomic E-state index is 12.3. The topological polar surface area (TPSA) is 84.5 Å². The third-order valence-corrected chi connectivity index (χ3v) is 4.10. The third kappa shape index (κ3) is 5.95. The zero-order valence-corrected chi connectivity index (χ0v) is 15.4. The molecule has 0 aliphatic heterocycles. The Balaban J connectivity index is 2.04. The van der Waals surface area contributed by atoms with Crippen molar-refractivity contribution in [3.63, 3.8) is 0 Å². The molecule has 134 valence electrons. The molecule has 25 heavy (non-hydrogen) atoms. The van der Waals surface area contributed by atoms with Gasteiger partial charge in [0.2, 0.25) is 10.0 Å². The van der Waals surface area contributed by atoms with Crippen molar-refractivity contribution < 1.29 is 17.9 Å². The molecule has 8 heteroatoms. The molecule has 0 radical (unpaired) electrons. The van der Waals surface area contributed by atoms with Gasteiger partial charge < -0.3 is 10.1 Å². The van der Waals surface area contributed by atoms with Crippen LogP contribution in [0, 0.1) is 0 Å². The number of rotatable bonds is 7. The molecule has 6 nitrogen and oxygen atoms in total. The Labute approximate surface area is 152 Å². The average molecular weight is 383 g/mol. The summed E-state index contributed by atoms with van der Waals surface area (Å²) in [5, 5.41) is 2.94. The van der Waals surface area contributed by atoms with E-state index in [-0.39, 0.29) is 16.5 Å². The lowest BCUT2D eigenvalue weighted by atomic mass is 10.1. The molecule has 0 aromatic heterocycles. The molecule has 1 amide bonds. The maximum atomic E-state index is 12.3.